The Labute approximate surface area is 118 Å². The lowest BCUT2D eigenvalue weighted by atomic mass is 9.76. The van der Waals surface area contributed by atoms with Crippen LogP contribution in [0.3, 0.4) is 0 Å². The Kier molecular flexibility index (Phi) is 4.86. The minimum Gasteiger partial charge on any atom is -0.393 e. The van der Waals surface area contributed by atoms with Crippen LogP contribution in [0, 0.1) is 15.4 Å². The lowest BCUT2D eigenvalue weighted by Crippen LogP contribution is -2.30. The molecule has 1 N–H and O–H groups in total. The molecule has 1 aliphatic rings. The fraction of sp³-hybridized carbons (Fsp3) is 0.600. The number of benzene rings is 1. The molecule has 1 fully saturated rings. The van der Waals surface area contributed by atoms with E-state index in [2.05, 4.69) is 53.8 Å². The molecule has 1 aromatic rings. The highest BCUT2D eigenvalue weighted by Gasteiger charge is 2.28. The number of halogens is 1. The number of hydrogen-bond acceptors (Lipinski definition) is 1. The quantitative estimate of drug-likeness (QED) is 0.821. The summed E-state index contributed by atoms with van der Waals surface area (Å²) in [4.78, 5) is 0. The van der Waals surface area contributed by atoms with E-state index in [9.17, 15) is 5.11 Å². The SMILES string of the molecule is CCC1CCC(O)C(Cc2ccc(I)cc2)C1. The van der Waals surface area contributed by atoms with Gasteiger partial charge in [0.15, 0.2) is 0 Å². The summed E-state index contributed by atoms with van der Waals surface area (Å²) in [5.41, 5.74) is 1.37. The highest BCUT2D eigenvalue weighted by atomic mass is 127. The van der Waals surface area contributed by atoms with Gasteiger partial charge in [0.25, 0.3) is 0 Å². The molecule has 0 amide bonds. The molecule has 1 aromatic carbocycles. The van der Waals surface area contributed by atoms with E-state index in [0.717, 1.165) is 18.8 Å². The van der Waals surface area contributed by atoms with E-state index < -0.39 is 0 Å². The van der Waals surface area contributed by atoms with Crippen molar-refractivity contribution >= 4 is 22.6 Å². The van der Waals surface area contributed by atoms with Crippen molar-refractivity contribution in [2.75, 3.05) is 0 Å². The fourth-order valence-corrected chi connectivity index (χ4v) is 3.22. The van der Waals surface area contributed by atoms with Gasteiger partial charge in [-0.2, -0.15) is 0 Å². The van der Waals surface area contributed by atoms with Crippen molar-refractivity contribution in [2.24, 2.45) is 11.8 Å². The zero-order valence-corrected chi connectivity index (χ0v) is 12.6. The van der Waals surface area contributed by atoms with Crippen LogP contribution in [0.5, 0.6) is 0 Å². The van der Waals surface area contributed by atoms with E-state index in [1.54, 1.807) is 0 Å². The smallest absolute Gasteiger partial charge is 0.0571 e. The van der Waals surface area contributed by atoms with Crippen molar-refractivity contribution in [1.29, 1.82) is 0 Å². The van der Waals surface area contributed by atoms with Crippen molar-refractivity contribution in [3.8, 4) is 0 Å². The van der Waals surface area contributed by atoms with Gasteiger partial charge in [0.1, 0.15) is 0 Å². The van der Waals surface area contributed by atoms with Crippen LogP contribution in [-0.4, -0.2) is 11.2 Å². The first kappa shape index (κ1) is 13.3. The van der Waals surface area contributed by atoms with E-state index in [1.165, 1.54) is 28.4 Å². The molecule has 0 aliphatic heterocycles. The molecule has 0 bridgehead atoms. The van der Waals surface area contributed by atoms with Crippen molar-refractivity contribution < 1.29 is 5.11 Å². The topological polar surface area (TPSA) is 20.2 Å². The standard InChI is InChI=1S/C15H21IO/c1-2-11-5-8-15(17)13(9-11)10-12-3-6-14(16)7-4-12/h3-4,6-7,11,13,15,17H,2,5,8-10H2,1H3. The van der Waals surface area contributed by atoms with Crippen LogP contribution in [-0.2, 0) is 6.42 Å². The average Bonchev–Trinajstić information content (AvgIpc) is 2.35. The zero-order valence-electron chi connectivity index (χ0n) is 10.4. The van der Waals surface area contributed by atoms with Crippen molar-refractivity contribution in [2.45, 2.75) is 45.1 Å². The summed E-state index contributed by atoms with van der Waals surface area (Å²) in [6, 6.07) is 8.71. The Morgan fingerprint density at radius 2 is 1.94 bits per heavy atom. The van der Waals surface area contributed by atoms with Crippen LogP contribution in [0.2, 0.25) is 0 Å². The van der Waals surface area contributed by atoms with Gasteiger partial charge in [-0.25, -0.2) is 0 Å². The van der Waals surface area contributed by atoms with E-state index in [4.69, 9.17) is 0 Å². The maximum absolute atomic E-state index is 10.1. The number of aliphatic hydroxyl groups excluding tert-OH is 1. The molecule has 3 atom stereocenters. The minimum atomic E-state index is -0.0860. The molecular formula is C15H21IO. The molecule has 1 aliphatic carbocycles. The molecule has 94 valence electrons. The monoisotopic (exact) mass is 344 g/mol. The maximum atomic E-state index is 10.1. The first-order valence-electron chi connectivity index (χ1n) is 6.61. The molecule has 0 radical (unpaired) electrons. The number of hydrogen-bond donors (Lipinski definition) is 1. The van der Waals surface area contributed by atoms with Gasteiger partial charge in [0.2, 0.25) is 0 Å². The molecule has 0 heterocycles. The summed E-state index contributed by atoms with van der Waals surface area (Å²) >= 11 is 2.33. The third kappa shape index (κ3) is 3.68. The van der Waals surface area contributed by atoms with Gasteiger partial charge in [-0.15, -0.1) is 0 Å². The molecule has 17 heavy (non-hydrogen) atoms. The summed E-state index contributed by atoms with van der Waals surface area (Å²) in [6.45, 7) is 2.27. The van der Waals surface area contributed by atoms with Gasteiger partial charge in [-0.3, -0.25) is 0 Å². The highest BCUT2D eigenvalue weighted by Crippen LogP contribution is 2.33. The predicted molar refractivity (Wildman–Crippen MR) is 80.0 cm³/mol. The highest BCUT2D eigenvalue weighted by molar-refractivity contribution is 14.1. The minimum absolute atomic E-state index is 0.0860. The third-order valence-electron chi connectivity index (χ3n) is 4.04. The lowest BCUT2D eigenvalue weighted by molar-refractivity contribution is 0.0475. The van der Waals surface area contributed by atoms with Crippen molar-refractivity contribution in [3.63, 3.8) is 0 Å². The maximum Gasteiger partial charge on any atom is 0.0571 e. The molecule has 3 unspecified atom stereocenters. The second-order valence-electron chi connectivity index (χ2n) is 5.25. The van der Waals surface area contributed by atoms with Crippen LogP contribution >= 0.6 is 22.6 Å². The van der Waals surface area contributed by atoms with Gasteiger partial charge in [0.05, 0.1) is 6.10 Å². The fourth-order valence-electron chi connectivity index (χ4n) is 2.86. The van der Waals surface area contributed by atoms with Crippen molar-refractivity contribution in [1.82, 2.24) is 0 Å². The molecular weight excluding hydrogens is 323 g/mol. The first-order valence-corrected chi connectivity index (χ1v) is 7.69. The molecule has 2 rings (SSSR count). The van der Waals surface area contributed by atoms with Gasteiger partial charge >= 0.3 is 0 Å². The molecule has 0 spiro atoms. The zero-order chi connectivity index (χ0) is 12.3. The van der Waals surface area contributed by atoms with Crippen LogP contribution < -0.4 is 0 Å². The largest absolute Gasteiger partial charge is 0.393 e. The average molecular weight is 344 g/mol. The summed E-state index contributed by atoms with van der Waals surface area (Å²) in [7, 11) is 0. The van der Waals surface area contributed by atoms with Crippen LogP contribution in [0.1, 0.15) is 38.2 Å². The Bertz CT molecular complexity index is 346. The van der Waals surface area contributed by atoms with E-state index in [-0.39, 0.29) is 6.10 Å². The summed E-state index contributed by atoms with van der Waals surface area (Å²) in [5, 5.41) is 10.1. The Balaban J connectivity index is 1.98. The van der Waals surface area contributed by atoms with Crippen LogP contribution in [0.15, 0.2) is 24.3 Å². The van der Waals surface area contributed by atoms with Crippen molar-refractivity contribution in [3.05, 3.63) is 33.4 Å². The second-order valence-corrected chi connectivity index (χ2v) is 6.49. The number of aliphatic hydroxyl groups is 1. The van der Waals surface area contributed by atoms with Gasteiger partial charge in [-0.05, 0) is 77.8 Å². The van der Waals surface area contributed by atoms with Gasteiger partial charge in [-0.1, -0.05) is 25.5 Å². The first-order chi connectivity index (χ1) is 8.19. The van der Waals surface area contributed by atoms with Crippen LogP contribution in [0.25, 0.3) is 0 Å². The summed E-state index contributed by atoms with van der Waals surface area (Å²) < 4.78 is 1.28. The second kappa shape index (κ2) is 6.19. The number of rotatable bonds is 3. The summed E-state index contributed by atoms with van der Waals surface area (Å²) in [5.74, 6) is 1.29. The summed E-state index contributed by atoms with van der Waals surface area (Å²) in [6.07, 6.45) is 5.61. The third-order valence-corrected chi connectivity index (χ3v) is 4.76. The molecule has 2 heteroatoms. The van der Waals surface area contributed by atoms with Gasteiger partial charge < -0.3 is 5.11 Å². The molecule has 1 saturated carbocycles. The molecule has 0 aromatic heterocycles. The molecule has 1 nitrogen and oxygen atoms in total. The van der Waals surface area contributed by atoms with E-state index in [0.29, 0.717) is 5.92 Å². The predicted octanol–water partition coefficient (Wildman–Crippen LogP) is 4.02. The molecule has 0 saturated heterocycles. The normalized spacial score (nSPS) is 29.2. The Morgan fingerprint density at radius 3 is 2.59 bits per heavy atom. The Morgan fingerprint density at radius 1 is 1.24 bits per heavy atom. The van der Waals surface area contributed by atoms with Gasteiger partial charge in [0, 0.05) is 3.57 Å². The Hall–Kier alpha value is -0.0900. The van der Waals surface area contributed by atoms with E-state index >= 15 is 0 Å². The van der Waals surface area contributed by atoms with E-state index in [1.807, 2.05) is 0 Å². The lowest BCUT2D eigenvalue weighted by Gasteiger charge is -2.33. The van der Waals surface area contributed by atoms with Crippen LogP contribution in [0.4, 0.5) is 0 Å².